The number of benzene rings is 1. The van der Waals surface area contributed by atoms with Crippen LogP contribution in [0.5, 0.6) is 0 Å². The third-order valence-corrected chi connectivity index (χ3v) is 4.46. The number of thiophene rings is 1. The van der Waals surface area contributed by atoms with E-state index in [-0.39, 0.29) is 5.56 Å². The second-order valence-corrected chi connectivity index (χ2v) is 5.97. The van der Waals surface area contributed by atoms with Crippen molar-refractivity contribution in [3.05, 3.63) is 64.0 Å². The lowest BCUT2D eigenvalue weighted by molar-refractivity contribution is 0.0692. The van der Waals surface area contributed by atoms with Crippen LogP contribution in [0.4, 0.5) is 5.00 Å². The van der Waals surface area contributed by atoms with Crippen LogP contribution in [0.15, 0.2) is 51.7 Å². The van der Waals surface area contributed by atoms with Crippen molar-refractivity contribution in [3.63, 3.8) is 0 Å². The summed E-state index contributed by atoms with van der Waals surface area (Å²) < 4.78 is 5.73. The molecule has 0 amide bonds. The summed E-state index contributed by atoms with van der Waals surface area (Å²) >= 11 is 1.39. The van der Waals surface area contributed by atoms with Crippen molar-refractivity contribution >= 4 is 32.6 Å². The third kappa shape index (κ3) is 2.73. The monoisotopic (exact) mass is 315 g/mol. The van der Waals surface area contributed by atoms with Gasteiger partial charge in [0.1, 0.15) is 5.56 Å². The molecule has 0 aliphatic heterocycles. The summed E-state index contributed by atoms with van der Waals surface area (Å²) in [7, 11) is 1.94. The average molecular weight is 315 g/mol. The van der Waals surface area contributed by atoms with Crippen LogP contribution in [-0.2, 0) is 6.54 Å². The van der Waals surface area contributed by atoms with E-state index in [1.165, 1.54) is 17.4 Å². The number of hydrogen-bond acceptors (Lipinski definition) is 5. The highest BCUT2D eigenvalue weighted by Gasteiger charge is 2.15. The molecule has 0 aliphatic carbocycles. The van der Waals surface area contributed by atoms with Gasteiger partial charge >= 0.3 is 11.6 Å². The Morgan fingerprint density at radius 1 is 1.27 bits per heavy atom. The summed E-state index contributed by atoms with van der Waals surface area (Å²) in [6.45, 7) is 0.712. The van der Waals surface area contributed by atoms with Crippen LogP contribution < -0.4 is 10.5 Å². The fraction of sp³-hybridized carbons (Fsp3) is 0.125. The number of aromatic carboxylic acids is 1. The summed E-state index contributed by atoms with van der Waals surface area (Å²) in [5.74, 6) is -1.27. The molecule has 0 aliphatic rings. The van der Waals surface area contributed by atoms with Crippen molar-refractivity contribution in [3.8, 4) is 0 Å². The Bertz CT molecular complexity index is 882. The van der Waals surface area contributed by atoms with Crippen LogP contribution >= 0.6 is 11.3 Å². The van der Waals surface area contributed by atoms with Crippen molar-refractivity contribution in [1.29, 1.82) is 0 Å². The highest BCUT2D eigenvalue weighted by molar-refractivity contribution is 7.22. The predicted octanol–water partition coefficient (Wildman–Crippen LogP) is 3.19. The van der Waals surface area contributed by atoms with Crippen LogP contribution in [0, 0.1) is 0 Å². The molecule has 0 spiro atoms. The van der Waals surface area contributed by atoms with Crippen LogP contribution in [-0.4, -0.2) is 18.1 Å². The van der Waals surface area contributed by atoms with Gasteiger partial charge in [0.15, 0.2) is 5.58 Å². The van der Waals surface area contributed by atoms with Gasteiger partial charge in [-0.25, -0.2) is 9.59 Å². The topological polar surface area (TPSA) is 70.8 Å². The number of carboxylic acid groups (broad SMARTS) is 1. The Morgan fingerprint density at radius 2 is 2.00 bits per heavy atom. The van der Waals surface area contributed by atoms with E-state index < -0.39 is 11.6 Å². The molecule has 2 heterocycles. The second-order valence-electron chi connectivity index (χ2n) is 4.91. The molecule has 0 bridgehead atoms. The van der Waals surface area contributed by atoms with Crippen molar-refractivity contribution < 1.29 is 14.3 Å². The molecule has 0 saturated carbocycles. The predicted molar refractivity (Wildman–Crippen MR) is 85.9 cm³/mol. The van der Waals surface area contributed by atoms with Gasteiger partial charge in [0.05, 0.1) is 9.70 Å². The molecule has 3 rings (SSSR count). The first-order valence-corrected chi connectivity index (χ1v) is 7.42. The van der Waals surface area contributed by atoms with Gasteiger partial charge in [-0.3, -0.25) is 0 Å². The number of carboxylic acids is 1. The molecular formula is C16H13NO4S. The largest absolute Gasteiger partial charge is 0.477 e. The van der Waals surface area contributed by atoms with Crippen LogP contribution in [0.2, 0.25) is 0 Å². The quantitative estimate of drug-likeness (QED) is 0.800. The smallest absolute Gasteiger partial charge is 0.351 e. The molecule has 0 saturated heterocycles. The molecule has 112 valence electrons. The van der Waals surface area contributed by atoms with E-state index in [0.29, 0.717) is 16.8 Å². The van der Waals surface area contributed by atoms with Gasteiger partial charge in [-0.2, -0.15) is 0 Å². The Labute approximate surface area is 130 Å². The first-order valence-electron chi connectivity index (χ1n) is 6.60. The molecule has 0 fully saturated rings. The number of carbonyl (C=O) groups is 1. The molecule has 2 aromatic heterocycles. The zero-order valence-corrected chi connectivity index (χ0v) is 12.6. The van der Waals surface area contributed by atoms with Gasteiger partial charge in [0.25, 0.3) is 0 Å². The number of hydrogen-bond donors (Lipinski definition) is 1. The van der Waals surface area contributed by atoms with E-state index in [9.17, 15) is 9.59 Å². The molecular weight excluding hydrogens is 302 g/mol. The summed E-state index contributed by atoms with van der Waals surface area (Å²) in [5.41, 5.74) is 0.409. The van der Waals surface area contributed by atoms with E-state index >= 15 is 0 Å². The SMILES string of the molecule is CN(Cc1ccccc1)c1cc2oc(=O)c(C(=O)O)cc2s1. The average Bonchev–Trinajstić information content (AvgIpc) is 2.90. The minimum Gasteiger partial charge on any atom is -0.477 e. The normalized spacial score (nSPS) is 10.8. The van der Waals surface area contributed by atoms with Crippen LogP contribution in [0.25, 0.3) is 10.3 Å². The van der Waals surface area contributed by atoms with Crippen molar-refractivity contribution in [2.75, 3.05) is 11.9 Å². The maximum absolute atomic E-state index is 11.6. The maximum atomic E-state index is 11.6. The molecule has 1 N–H and O–H groups in total. The highest BCUT2D eigenvalue weighted by Crippen LogP contribution is 2.32. The van der Waals surface area contributed by atoms with Gasteiger partial charge in [-0.05, 0) is 11.6 Å². The molecule has 5 nitrogen and oxygen atoms in total. The lowest BCUT2D eigenvalue weighted by atomic mass is 10.2. The Hall–Kier alpha value is -2.60. The second kappa shape index (κ2) is 5.65. The maximum Gasteiger partial charge on any atom is 0.351 e. The molecule has 3 aromatic rings. The Morgan fingerprint density at radius 3 is 2.68 bits per heavy atom. The van der Waals surface area contributed by atoms with Crippen molar-refractivity contribution in [2.24, 2.45) is 0 Å². The van der Waals surface area contributed by atoms with E-state index in [1.807, 2.05) is 42.3 Å². The summed E-state index contributed by atoms with van der Waals surface area (Å²) in [4.78, 5) is 24.6. The standard InChI is InChI=1S/C16H13NO4S/c1-17(9-10-5-3-2-4-6-10)14-8-12-13(22-14)7-11(15(18)19)16(20)21-12/h2-8H,9H2,1H3,(H,18,19). The number of anilines is 1. The summed E-state index contributed by atoms with van der Waals surface area (Å²) in [5, 5.41) is 9.88. The molecule has 0 radical (unpaired) electrons. The van der Waals surface area contributed by atoms with Gasteiger partial charge in [0.2, 0.25) is 0 Å². The molecule has 6 heteroatoms. The van der Waals surface area contributed by atoms with Gasteiger partial charge in [-0.15, -0.1) is 11.3 Å². The van der Waals surface area contributed by atoms with Crippen molar-refractivity contribution in [2.45, 2.75) is 6.54 Å². The first kappa shape index (κ1) is 14.3. The van der Waals surface area contributed by atoms with E-state index in [1.54, 1.807) is 6.07 Å². The number of fused-ring (bicyclic) bond motifs is 1. The highest BCUT2D eigenvalue weighted by atomic mass is 32.1. The summed E-state index contributed by atoms with van der Waals surface area (Å²) in [6, 6.07) is 13.1. The lowest BCUT2D eigenvalue weighted by Crippen LogP contribution is -2.14. The Balaban J connectivity index is 1.94. The van der Waals surface area contributed by atoms with Crippen LogP contribution in [0.1, 0.15) is 15.9 Å². The van der Waals surface area contributed by atoms with Gasteiger partial charge < -0.3 is 14.4 Å². The van der Waals surface area contributed by atoms with Gasteiger partial charge in [-0.1, -0.05) is 30.3 Å². The van der Waals surface area contributed by atoms with Crippen LogP contribution in [0.3, 0.4) is 0 Å². The number of nitrogens with zero attached hydrogens (tertiary/aromatic N) is 1. The van der Waals surface area contributed by atoms with E-state index in [0.717, 1.165) is 10.6 Å². The molecule has 0 atom stereocenters. The zero-order chi connectivity index (χ0) is 15.7. The third-order valence-electron chi connectivity index (χ3n) is 3.28. The van der Waals surface area contributed by atoms with Crippen molar-refractivity contribution in [1.82, 2.24) is 0 Å². The van der Waals surface area contributed by atoms with E-state index in [2.05, 4.69) is 0 Å². The Kier molecular flexibility index (Phi) is 3.68. The number of rotatable bonds is 4. The first-order chi connectivity index (χ1) is 10.5. The minimum absolute atomic E-state index is 0.341. The molecule has 1 aromatic carbocycles. The summed E-state index contributed by atoms with van der Waals surface area (Å²) in [6.07, 6.45) is 0. The minimum atomic E-state index is -1.27. The lowest BCUT2D eigenvalue weighted by Gasteiger charge is -2.16. The van der Waals surface area contributed by atoms with E-state index in [4.69, 9.17) is 9.52 Å². The molecule has 22 heavy (non-hydrogen) atoms. The molecule has 0 unspecified atom stereocenters. The fourth-order valence-corrected chi connectivity index (χ4v) is 3.16. The zero-order valence-electron chi connectivity index (χ0n) is 11.8. The van der Waals surface area contributed by atoms with Gasteiger partial charge in [0, 0.05) is 19.7 Å². The fourth-order valence-electron chi connectivity index (χ4n) is 2.17.